The molecule has 2 bridgehead atoms. The molecule has 3 saturated carbocycles. The highest BCUT2D eigenvalue weighted by Gasteiger charge is 2.84. The first-order chi connectivity index (χ1) is 28.1. The number of esters is 4. The molecule has 15 nitrogen and oxygen atoms in total. The third-order valence-electron chi connectivity index (χ3n) is 13.2. The number of benzene rings is 2. The maximum Gasteiger partial charge on any atom is 0.408 e. The zero-order valence-electron chi connectivity index (χ0n) is 35.0. The number of amides is 1. The van der Waals surface area contributed by atoms with Gasteiger partial charge in [0.15, 0.2) is 23.6 Å². The van der Waals surface area contributed by atoms with Crippen molar-refractivity contribution < 1.29 is 67.4 Å². The van der Waals surface area contributed by atoms with E-state index in [1.165, 1.54) is 19.1 Å². The van der Waals surface area contributed by atoms with Crippen LogP contribution in [-0.2, 0) is 47.6 Å². The maximum atomic E-state index is 15.4. The van der Waals surface area contributed by atoms with Crippen LogP contribution < -0.4 is 5.32 Å². The number of carbonyl (C=O) groups excluding carboxylic acids is 6. The molecule has 1 spiro atoms. The summed E-state index contributed by atoms with van der Waals surface area (Å²) in [6.45, 7) is 12.0. The van der Waals surface area contributed by atoms with Gasteiger partial charge in [-0.2, -0.15) is 0 Å². The Bertz CT molecular complexity index is 2110. The van der Waals surface area contributed by atoms with Crippen molar-refractivity contribution >= 4 is 35.8 Å². The van der Waals surface area contributed by atoms with Gasteiger partial charge in [-0.1, -0.05) is 62.4 Å². The molecule has 7 rings (SSSR count). The number of Topliss-reactive ketones (excluding diaryl/α,β-unsaturated/α-hetero) is 1. The Kier molecular flexibility index (Phi) is 10.8. The molecule has 322 valence electrons. The molecule has 11 atom stereocenters. The zero-order chi connectivity index (χ0) is 43.7. The van der Waals surface area contributed by atoms with Gasteiger partial charge in [-0.05, 0) is 75.3 Å². The van der Waals surface area contributed by atoms with Gasteiger partial charge in [0, 0.05) is 31.1 Å². The second-order valence-corrected chi connectivity index (χ2v) is 18.3. The highest BCUT2D eigenvalue weighted by Crippen LogP contribution is 2.74. The number of ether oxygens (including phenoxy) is 6. The molecule has 2 aromatic carbocycles. The van der Waals surface area contributed by atoms with Crippen molar-refractivity contribution in [2.75, 3.05) is 6.61 Å². The Morgan fingerprint density at radius 3 is 2.10 bits per heavy atom. The van der Waals surface area contributed by atoms with E-state index < -0.39 is 112 Å². The summed E-state index contributed by atoms with van der Waals surface area (Å²) in [5.41, 5.74) is -6.79. The highest BCUT2D eigenvalue weighted by atomic mass is 16.6. The molecule has 1 heterocycles. The van der Waals surface area contributed by atoms with E-state index in [1.54, 1.807) is 90.1 Å². The zero-order valence-corrected chi connectivity index (χ0v) is 35.0. The predicted octanol–water partition coefficient (Wildman–Crippen LogP) is 4.47. The number of fused-ring (bicyclic) bond motifs is 4. The number of alkyl carbamates (subject to hydrolysis) is 1. The molecular formula is C45H53NO14. The fourth-order valence-corrected chi connectivity index (χ4v) is 10.4. The first-order valence-corrected chi connectivity index (χ1v) is 20.2. The van der Waals surface area contributed by atoms with Crippen molar-refractivity contribution in [2.45, 2.75) is 128 Å². The van der Waals surface area contributed by atoms with Gasteiger partial charge in [-0.3, -0.25) is 14.4 Å². The van der Waals surface area contributed by atoms with E-state index in [9.17, 15) is 34.2 Å². The van der Waals surface area contributed by atoms with Crippen LogP contribution in [-0.4, -0.2) is 99.9 Å². The first kappa shape index (κ1) is 43.0. The normalized spacial score (nSPS) is 33.3. The number of aliphatic hydroxyl groups is 2. The first-order valence-electron chi connectivity index (χ1n) is 20.2. The summed E-state index contributed by atoms with van der Waals surface area (Å²) in [5, 5.41) is 27.9. The minimum absolute atomic E-state index is 0.128. The number of nitrogens with one attached hydrogen (secondary N) is 1. The lowest BCUT2D eigenvalue weighted by molar-refractivity contribution is -0.323. The number of carbonyl (C=O) groups is 6. The van der Waals surface area contributed by atoms with Gasteiger partial charge in [-0.25, -0.2) is 14.4 Å². The van der Waals surface area contributed by atoms with Gasteiger partial charge in [0.2, 0.25) is 0 Å². The van der Waals surface area contributed by atoms with Crippen molar-refractivity contribution in [1.82, 2.24) is 5.32 Å². The third-order valence-corrected chi connectivity index (χ3v) is 13.2. The molecule has 0 radical (unpaired) electrons. The average molecular weight is 832 g/mol. The summed E-state index contributed by atoms with van der Waals surface area (Å²) in [6, 6.07) is 14.9. The van der Waals surface area contributed by atoms with E-state index >= 15 is 4.79 Å². The van der Waals surface area contributed by atoms with Crippen LogP contribution in [0, 0.1) is 22.7 Å². The summed E-state index contributed by atoms with van der Waals surface area (Å²) >= 11 is 0. The van der Waals surface area contributed by atoms with Crippen molar-refractivity contribution in [2.24, 2.45) is 22.7 Å². The quantitative estimate of drug-likeness (QED) is 0.181. The van der Waals surface area contributed by atoms with Gasteiger partial charge in [0.05, 0.1) is 24.1 Å². The lowest BCUT2D eigenvalue weighted by Crippen LogP contribution is -2.78. The van der Waals surface area contributed by atoms with Gasteiger partial charge in [-0.15, -0.1) is 0 Å². The smallest absolute Gasteiger partial charge is 0.408 e. The van der Waals surface area contributed by atoms with Crippen molar-refractivity contribution in [3.63, 3.8) is 0 Å². The largest absolute Gasteiger partial charge is 0.456 e. The Morgan fingerprint density at radius 2 is 1.53 bits per heavy atom. The average Bonchev–Trinajstić information content (AvgIpc) is 3.90. The number of rotatable bonds is 9. The summed E-state index contributed by atoms with van der Waals surface area (Å²) in [7, 11) is 0. The minimum atomic E-state index is -2.25. The molecule has 1 aliphatic heterocycles. The summed E-state index contributed by atoms with van der Waals surface area (Å²) in [5.74, 6) is -5.65. The van der Waals surface area contributed by atoms with Crippen LogP contribution >= 0.6 is 0 Å². The molecule has 3 N–H and O–H groups in total. The minimum Gasteiger partial charge on any atom is -0.456 e. The molecule has 4 aliphatic carbocycles. The maximum absolute atomic E-state index is 15.4. The van der Waals surface area contributed by atoms with Crippen molar-refractivity contribution in [3.8, 4) is 0 Å². The van der Waals surface area contributed by atoms with Crippen LogP contribution in [0.15, 0.2) is 71.8 Å². The fourth-order valence-electron chi connectivity index (χ4n) is 10.4. The Morgan fingerprint density at radius 1 is 0.900 bits per heavy atom. The molecular weight excluding hydrogens is 778 g/mol. The van der Waals surface area contributed by atoms with E-state index in [1.807, 2.05) is 0 Å². The number of hydrogen-bond acceptors (Lipinski definition) is 14. The Labute approximate surface area is 348 Å². The van der Waals surface area contributed by atoms with Crippen molar-refractivity contribution in [3.05, 3.63) is 82.9 Å². The summed E-state index contributed by atoms with van der Waals surface area (Å²) < 4.78 is 36.0. The van der Waals surface area contributed by atoms with E-state index in [0.29, 0.717) is 12.0 Å². The molecule has 15 heteroatoms. The van der Waals surface area contributed by atoms with Crippen LogP contribution in [0.4, 0.5) is 4.79 Å². The van der Waals surface area contributed by atoms with Gasteiger partial charge < -0.3 is 44.0 Å². The van der Waals surface area contributed by atoms with Crippen LogP contribution in [0.2, 0.25) is 0 Å². The summed E-state index contributed by atoms with van der Waals surface area (Å²) in [6.07, 6.45) is -8.18. The second-order valence-electron chi connectivity index (χ2n) is 18.3. The lowest BCUT2D eigenvalue weighted by atomic mass is 9.48. The van der Waals surface area contributed by atoms with Crippen LogP contribution in [0.5, 0.6) is 0 Å². The van der Waals surface area contributed by atoms with E-state index in [4.69, 9.17) is 28.4 Å². The standard InChI is InChI=1S/C45H53NO14/c1-23-29(57-39(52)33(49)32(26-15-11-9-12-16-26)46-40(53)60-41(4,5)6)21-45(54)37(58-38(51)27-17-13-10-14-18-27)35-43(36(50)34(56-24(2)47)31(23)42(45,7)8)20-28(43)19-30-44(35,22-55-30)59-25(3)48/h9-18,28-30,32-35,37,49,54H,19-22H2,1-8H3,(H,46,53)/t28-,29+,30-,32+,33-,34?,35+,37+,43-,44+,45-/m1/s1. The SMILES string of the molecule is CC(=O)OC1C(=O)[C@]23C[C@H]2C[C@H]2OC[C@@]2(OC(C)=O)[C@H]3[C@H](OC(=O)c2ccccc2)[C@]2(O)C[C@H](OC(=O)[C@H](O)[C@@H](NC(=O)OC(C)(C)C)c3ccccc3)C(C)=C1C2(C)C. The van der Waals surface area contributed by atoms with Gasteiger partial charge in [0.25, 0.3) is 0 Å². The van der Waals surface area contributed by atoms with E-state index in [-0.39, 0.29) is 35.7 Å². The molecule has 1 amide bonds. The Hall–Kier alpha value is -5.12. The fraction of sp³-hybridized carbons (Fsp3) is 0.556. The molecule has 0 aromatic heterocycles. The van der Waals surface area contributed by atoms with E-state index in [0.717, 1.165) is 6.92 Å². The predicted molar refractivity (Wildman–Crippen MR) is 210 cm³/mol. The monoisotopic (exact) mass is 831 g/mol. The van der Waals surface area contributed by atoms with Gasteiger partial charge in [0.1, 0.15) is 29.5 Å². The molecule has 1 unspecified atom stereocenters. The number of hydrogen-bond donors (Lipinski definition) is 3. The molecule has 2 aromatic rings. The molecule has 4 fully saturated rings. The number of ketones is 1. The van der Waals surface area contributed by atoms with E-state index in [2.05, 4.69) is 5.32 Å². The van der Waals surface area contributed by atoms with Crippen LogP contribution in [0.3, 0.4) is 0 Å². The third kappa shape index (κ3) is 7.07. The Balaban J connectivity index is 1.37. The number of aliphatic hydroxyl groups excluding tert-OH is 1. The lowest BCUT2D eigenvalue weighted by Gasteiger charge is -2.64. The topological polar surface area (TPSA) is 210 Å². The highest BCUT2D eigenvalue weighted by molar-refractivity contribution is 5.97. The van der Waals surface area contributed by atoms with Crippen LogP contribution in [0.25, 0.3) is 0 Å². The van der Waals surface area contributed by atoms with Crippen molar-refractivity contribution in [1.29, 1.82) is 0 Å². The molecule has 5 aliphatic rings. The summed E-state index contributed by atoms with van der Waals surface area (Å²) in [4.78, 5) is 82.8. The van der Waals surface area contributed by atoms with Crippen LogP contribution in [0.1, 0.15) is 96.6 Å². The molecule has 60 heavy (non-hydrogen) atoms. The molecule has 1 saturated heterocycles. The second kappa shape index (κ2) is 15.1. The van der Waals surface area contributed by atoms with Gasteiger partial charge >= 0.3 is 30.0 Å².